The van der Waals surface area contributed by atoms with E-state index < -0.39 is 0 Å². The molecule has 0 aliphatic rings. The minimum Gasteiger partial charge on any atom is -0.362 e. The number of aryl methyl sites for hydroxylation is 1. The van der Waals surface area contributed by atoms with E-state index in [1.54, 1.807) is 13.2 Å². The van der Waals surface area contributed by atoms with Crippen LogP contribution in [-0.4, -0.2) is 17.0 Å². The minimum absolute atomic E-state index is 0.123. The zero-order valence-corrected chi connectivity index (χ0v) is 12.0. The van der Waals surface area contributed by atoms with Crippen molar-refractivity contribution in [3.8, 4) is 0 Å². The molecular formula is C14H17ClN4. The fourth-order valence-electron chi connectivity index (χ4n) is 1.73. The average molecular weight is 277 g/mol. The number of hydrogen-bond donors (Lipinski definition) is 2. The van der Waals surface area contributed by atoms with Crippen molar-refractivity contribution in [2.45, 2.75) is 19.9 Å². The van der Waals surface area contributed by atoms with E-state index in [4.69, 9.17) is 11.6 Å². The maximum absolute atomic E-state index is 6.09. The summed E-state index contributed by atoms with van der Waals surface area (Å²) in [5, 5.41) is 6.70. The summed E-state index contributed by atoms with van der Waals surface area (Å²) in [5.74, 6) is 1.18. The maximum Gasteiger partial charge on any atom is 0.224 e. The summed E-state index contributed by atoms with van der Waals surface area (Å²) in [6, 6.07) is 8.50. The number of rotatable bonds is 4. The molecule has 0 amide bonds. The van der Waals surface area contributed by atoms with Crippen LogP contribution in [0.2, 0.25) is 5.02 Å². The zero-order chi connectivity index (χ0) is 13.8. The SMILES string of the molecule is CNc1ncc(Cl)c(NC(C)c2ccc(C)cc2)n1. The molecule has 1 unspecified atom stereocenters. The minimum atomic E-state index is 0.123. The lowest BCUT2D eigenvalue weighted by Crippen LogP contribution is -2.09. The van der Waals surface area contributed by atoms with Gasteiger partial charge in [-0.1, -0.05) is 41.4 Å². The fraction of sp³-hybridized carbons (Fsp3) is 0.286. The third kappa shape index (κ3) is 3.35. The molecule has 5 heteroatoms. The highest BCUT2D eigenvalue weighted by atomic mass is 35.5. The third-order valence-corrected chi connectivity index (χ3v) is 3.17. The summed E-state index contributed by atoms with van der Waals surface area (Å²) in [4.78, 5) is 8.36. The van der Waals surface area contributed by atoms with E-state index in [1.165, 1.54) is 11.1 Å². The van der Waals surface area contributed by atoms with E-state index in [2.05, 4.69) is 58.7 Å². The van der Waals surface area contributed by atoms with E-state index in [1.807, 2.05) is 0 Å². The molecule has 2 aromatic rings. The molecule has 0 fully saturated rings. The number of halogens is 1. The topological polar surface area (TPSA) is 49.8 Å². The molecule has 0 saturated carbocycles. The average Bonchev–Trinajstić information content (AvgIpc) is 2.42. The summed E-state index contributed by atoms with van der Waals surface area (Å²) >= 11 is 6.09. The predicted molar refractivity (Wildman–Crippen MR) is 79.8 cm³/mol. The molecule has 4 nitrogen and oxygen atoms in total. The molecule has 1 aromatic carbocycles. The van der Waals surface area contributed by atoms with Gasteiger partial charge in [0.1, 0.15) is 5.02 Å². The smallest absolute Gasteiger partial charge is 0.224 e. The molecule has 19 heavy (non-hydrogen) atoms. The highest BCUT2D eigenvalue weighted by Crippen LogP contribution is 2.24. The molecule has 1 aromatic heterocycles. The van der Waals surface area contributed by atoms with Gasteiger partial charge >= 0.3 is 0 Å². The van der Waals surface area contributed by atoms with Gasteiger partial charge in [-0.2, -0.15) is 4.98 Å². The van der Waals surface area contributed by atoms with Crippen LogP contribution in [0.25, 0.3) is 0 Å². The van der Waals surface area contributed by atoms with Crippen LogP contribution in [0.4, 0.5) is 11.8 Å². The number of benzene rings is 1. The van der Waals surface area contributed by atoms with E-state index in [9.17, 15) is 0 Å². The van der Waals surface area contributed by atoms with Crippen molar-refractivity contribution in [3.05, 3.63) is 46.6 Å². The lowest BCUT2D eigenvalue weighted by atomic mass is 10.1. The van der Waals surface area contributed by atoms with Crippen LogP contribution in [0.5, 0.6) is 0 Å². The van der Waals surface area contributed by atoms with Crippen LogP contribution < -0.4 is 10.6 Å². The standard InChI is InChI=1S/C14H17ClN4/c1-9-4-6-11(7-5-9)10(2)18-13-12(15)8-17-14(16-3)19-13/h4-8,10H,1-3H3,(H2,16,17,18,19). The summed E-state index contributed by atoms with van der Waals surface area (Å²) in [6.45, 7) is 4.14. The molecule has 0 bridgehead atoms. The first kappa shape index (κ1) is 13.6. The maximum atomic E-state index is 6.09. The van der Waals surface area contributed by atoms with Gasteiger partial charge in [-0.15, -0.1) is 0 Å². The second kappa shape index (κ2) is 5.89. The van der Waals surface area contributed by atoms with Crippen LogP contribution in [0, 0.1) is 6.92 Å². The molecule has 0 aliphatic heterocycles. The Morgan fingerprint density at radius 3 is 2.53 bits per heavy atom. The van der Waals surface area contributed by atoms with Crippen molar-refractivity contribution < 1.29 is 0 Å². The Kier molecular flexibility index (Phi) is 4.22. The van der Waals surface area contributed by atoms with Crippen LogP contribution in [0.15, 0.2) is 30.5 Å². The lowest BCUT2D eigenvalue weighted by molar-refractivity contribution is 0.872. The fourth-order valence-corrected chi connectivity index (χ4v) is 1.88. The van der Waals surface area contributed by atoms with Crippen LogP contribution in [0.3, 0.4) is 0 Å². The van der Waals surface area contributed by atoms with Crippen molar-refractivity contribution in [3.63, 3.8) is 0 Å². The Hall–Kier alpha value is -1.81. The van der Waals surface area contributed by atoms with Crippen LogP contribution in [0.1, 0.15) is 24.1 Å². The molecule has 0 radical (unpaired) electrons. The summed E-state index contributed by atoms with van der Waals surface area (Å²) in [5.41, 5.74) is 2.43. The third-order valence-electron chi connectivity index (χ3n) is 2.90. The normalized spacial score (nSPS) is 12.0. The Labute approximate surface area is 118 Å². The summed E-state index contributed by atoms with van der Waals surface area (Å²) < 4.78 is 0. The number of aromatic nitrogens is 2. The van der Waals surface area contributed by atoms with Crippen molar-refractivity contribution >= 4 is 23.4 Å². The number of anilines is 2. The quantitative estimate of drug-likeness (QED) is 0.895. The van der Waals surface area contributed by atoms with E-state index in [0.717, 1.165) is 0 Å². The molecular weight excluding hydrogens is 260 g/mol. The molecule has 0 spiro atoms. The predicted octanol–water partition coefficient (Wildman–Crippen LogP) is 3.65. The molecule has 100 valence electrons. The first-order valence-corrected chi connectivity index (χ1v) is 6.51. The first-order valence-electron chi connectivity index (χ1n) is 6.13. The van der Waals surface area contributed by atoms with Crippen molar-refractivity contribution in [1.82, 2.24) is 9.97 Å². The lowest BCUT2D eigenvalue weighted by Gasteiger charge is -2.16. The van der Waals surface area contributed by atoms with Gasteiger partial charge in [-0.25, -0.2) is 4.98 Å². The van der Waals surface area contributed by atoms with Gasteiger partial charge in [0.15, 0.2) is 5.82 Å². The van der Waals surface area contributed by atoms with Gasteiger partial charge in [-0.05, 0) is 19.4 Å². The van der Waals surface area contributed by atoms with Crippen LogP contribution >= 0.6 is 11.6 Å². The molecule has 0 saturated heterocycles. The molecule has 1 heterocycles. The van der Waals surface area contributed by atoms with Crippen LogP contribution in [-0.2, 0) is 0 Å². The second-order valence-corrected chi connectivity index (χ2v) is 4.82. The molecule has 2 N–H and O–H groups in total. The largest absolute Gasteiger partial charge is 0.362 e. The van der Waals surface area contributed by atoms with Crippen molar-refractivity contribution in [1.29, 1.82) is 0 Å². The molecule has 1 atom stereocenters. The monoisotopic (exact) mass is 276 g/mol. The van der Waals surface area contributed by atoms with Crippen molar-refractivity contribution in [2.24, 2.45) is 0 Å². The number of hydrogen-bond acceptors (Lipinski definition) is 4. The Morgan fingerprint density at radius 2 is 1.89 bits per heavy atom. The van der Waals surface area contributed by atoms with E-state index in [0.29, 0.717) is 16.8 Å². The first-order chi connectivity index (χ1) is 9.10. The van der Waals surface area contributed by atoms with Gasteiger partial charge < -0.3 is 10.6 Å². The number of nitrogens with one attached hydrogen (secondary N) is 2. The van der Waals surface area contributed by atoms with Gasteiger partial charge in [0.05, 0.1) is 6.20 Å². The highest BCUT2D eigenvalue weighted by Gasteiger charge is 2.10. The van der Waals surface area contributed by atoms with Gasteiger partial charge in [0, 0.05) is 13.1 Å². The summed E-state index contributed by atoms with van der Waals surface area (Å²) in [7, 11) is 1.77. The second-order valence-electron chi connectivity index (χ2n) is 4.42. The summed E-state index contributed by atoms with van der Waals surface area (Å²) in [6.07, 6.45) is 1.59. The van der Waals surface area contributed by atoms with Gasteiger partial charge in [-0.3, -0.25) is 0 Å². The van der Waals surface area contributed by atoms with E-state index in [-0.39, 0.29) is 6.04 Å². The zero-order valence-electron chi connectivity index (χ0n) is 11.2. The van der Waals surface area contributed by atoms with E-state index >= 15 is 0 Å². The van der Waals surface area contributed by atoms with Gasteiger partial charge in [0.25, 0.3) is 0 Å². The molecule has 2 rings (SSSR count). The van der Waals surface area contributed by atoms with Gasteiger partial charge in [0.2, 0.25) is 5.95 Å². The Bertz CT molecular complexity index is 554. The Balaban J connectivity index is 2.18. The highest BCUT2D eigenvalue weighted by molar-refractivity contribution is 6.32. The molecule has 0 aliphatic carbocycles. The van der Waals surface area contributed by atoms with Crippen molar-refractivity contribution in [2.75, 3.05) is 17.7 Å². The Morgan fingerprint density at radius 1 is 1.21 bits per heavy atom. The number of nitrogens with zero attached hydrogens (tertiary/aromatic N) is 2.